The Bertz CT molecular complexity index is 201. The summed E-state index contributed by atoms with van der Waals surface area (Å²) in [5.74, 6) is 0. The van der Waals surface area contributed by atoms with E-state index in [0.717, 1.165) is 35.7 Å². The molecule has 0 heterocycles. The first-order valence-corrected chi connectivity index (χ1v) is 11.5. The molecule has 135 valence electrons. The van der Waals surface area contributed by atoms with Gasteiger partial charge < -0.3 is 10.1 Å². The number of carbonyl (C=O) groups is 1. The Hall–Kier alpha value is 1.11. The fraction of sp³-hybridized carbons (Fsp3) is 0.941. The molecule has 0 aromatic heterocycles. The Kier molecular flexibility index (Phi) is 21.5. The van der Waals surface area contributed by atoms with Crippen molar-refractivity contribution in [1.82, 2.24) is 0 Å². The average Bonchev–Trinajstić information content (AvgIpc) is 2.38. The van der Waals surface area contributed by atoms with Gasteiger partial charge in [-0.3, -0.25) is 0 Å². The molecule has 0 aliphatic heterocycles. The van der Waals surface area contributed by atoms with Crippen LogP contribution in [0, 0.1) is 0 Å². The zero-order chi connectivity index (χ0) is 17.0. The molecular formula is C17H38NOP2Ru. The molecular weight excluding hydrogens is 397 g/mol. The van der Waals surface area contributed by atoms with Gasteiger partial charge in [-0.25, -0.2) is 0 Å². The number of rotatable bonds is 10. The minimum atomic E-state index is 0. The number of carbonyl (C=O) groups excluding carboxylic acids is 1. The van der Waals surface area contributed by atoms with Crippen LogP contribution in [0.1, 0.15) is 55.4 Å². The van der Waals surface area contributed by atoms with E-state index in [0.29, 0.717) is 0 Å². The normalized spacial score (nSPS) is 11.4. The van der Waals surface area contributed by atoms with Gasteiger partial charge in [0.2, 0.25) is 0 Å². The van der Waals surface area contributed by atoms with E-state index in [9.17, 15) is 0 Å². The molecule has 2 nitrogen and oxygen atoms in total. The number of hydrogen-bond donors (Lipinski definition) is 0. The minimum Gasteiger partial charge on any atom is -0.662 e. The quantitative estimate of drug-likeness (QED) is 0.243. The summed E-state index contributed by atoms with van der Waals surface area (Å²) in [6.07, 6.45) is 2.68. The predicted molar refractivity (Wildman–Crippen MR) is 104 cm³/mol. The van der Waals surface area contributed by atoms with Crippen molar-refractivity contribution in [2.45, 2.75) is 78.0 Å². The van der Waals surface area contributed by atoms with Gasteiger partial charge in [0.1, 0.15) is 6.79 Å². The Morgan fingerprint density at radius 2 is 0.909 bits per heavy atom. The van der Waals surface area contributed by atoms with Crippen molar-refractivity contribution in [2.75, 3.05) is 25.4 Å². The zero-order valence-electron chi connectivity index (χ0n) is 15.9. The van der Waals surface area contributed by atoms with E-state index in [2.05, 4.69) is 55.4 Å². The summed E-state index contributed by atoms with van der Waals surface area (Å²) in [4.78, 5) is 8.00. The molecule has 0 atom stereocenters. The molecule has 0 aliphatic rings. The summed E-state index contributed by atoms with van der Waals surface area (Å²) in [5, 5.41) is 4.81. The second-order valence-corrected chi connectivity index (χ2v) is 13.6. The van der Waals surface area contributed by atoms with Crippen LogP contribution in [-0.4, -0.2) is 54.8 Å². The van der Waals surface area contributed by atoms with Crippen molar-refractivity contribution in [3.63, 3.8) is 0 Å². The Morgan fingerprint density at radius 1 is 0.682 bits per heavy atom. The van der Waals surface area contributed by atoms with E-state index in [1.807, 2.05) is 6.79 Å². The van der Waals surface area contributed by atoms with E-state index in [-0.39, 0.29) is 35.3 Å². The zero-order valence-corrected chi connectivity index (χ0v) is 19.5. The van der Waals surface area contributed by atoms with E-state index < -0.39 is 0 Å². The van der Waals surface area contributed by atoms with E-state index in [4.69, 9.17) is 10.1 Å². The van der Waals surface area contributed by atoms with Gasteiger partial charge >= 0.3 is 19.5 Å². The van der Waals surface area contributed by atoms with E-state index >= 15 is 0 Å². The van der Waals surface area contributed by atoms with Crippen LogP contribution < -0.4 is 0 Å². The second-order valence-electron chi connectivity index (χ2n) is 6.52. The summed E-state index contributed by atoms with van der Waals surface area (Å²) in [6, 6.07) is 0. The fourth-order valence-corrected chi connectivity index (χ4v) is 7.90. The molecule has 0 spiro atoms. The summed E-state index contributed by atoms with van der Waals surface area (Å²) >= 11 is 0. The van der Waals surface area contributed by atoms with Gasteiger partial charge in [-0.1, -0.05) is 67.7 Å². The Morgan fingerprint density at radius 3 is 1.09 bits per heavy atom. The van der Waals surface area contributed by atoms with Gasteiger partial charge in [0, 0.05) is 0 Å². The summed E-state index contributed by atoms with van der Waals surface area (Å²) in [7, 11) is 0.352. The largest absolute Gasteiger partial charge is 1.00 e. The number of hydrogen-bond acceptors (Lipinski definition) is 1. The van der Waals surface area contributed by atoms with Crippen LogP contribution >= 0.6 is 15.8 Å². The van der Waals surface area contributed by atoms with Gasteiger partial charge in [0.05, 0.1) is 0 Å². The molecule has 0 unspecified atom stereocenters. The van der Waals surface area contributed by atoms with Gasteiger partial charge in [-0.05, 0) is 22.6 Å². The van der Waals surface area contributed by atoms with Crippen LogP contribution in [0.25, 0.3) is 5.32 Å². The maximum absolute atomic E-state index is 8.00. The first kappa shape index (κ1) is 27.9. The van der Waals surface area contributed by atoms with E-state index in [1.54, 1.807) is 0 Å². The van der Waals surface area contributed by atoms with Crippen molar-refractivity contribution >= 4 is 22.6 Å². The number of nitrogens with zero attached hydrogens (tertiary/aromatic N) is 1. The molecule has 0 N–H and O–H groups in total. The van der Waals surface area contributed by atoms with Gasteiger partial charge in [0.15, 0.2) is 0 Å². The standard InChI is InChI=1S/C16H36NP2.CH2O.Ru/c1-13(2)18(14(3)4)11-9-17-10-12-19(15(5)6)16(7)8;1-2;/h13-16H,9-12H2,1-8H3;1H2;/q-1;;+1. The molecule has 0 bridgehead atoms. The van der Waals surface area contributed by atoms with Crippen LogP contribution in [0.4, 0.5) is 0 Å². The van der Waals surface area contributed by atoms with Gasteiger partial charge in [-0.2, -0.15) is 0 Å². The molecule has 22 heavy (non-hydrogen) atoms. The molecule has 0 saturated carbocycles. The molecule has 0 rings (SSSR count). The first-order chi connectivity index (χ1) is 9.77. The topological polar surface area (TPSA) is 31.2 Å². The smallest absolute Gasteiger partial charge is 0.662 e. The average molecular weight is 436 g/mol. The van der Waals surface area contributed by atoms with Crippen LogP contribution in [0.2, 0.25) is 0 Å². The van der Waals surface area contributed by atoms with Gasteiger partial charge in [0.25, 0.3) is 0 Å². The second kappa shape index (κ2) is 17.0. The fourth-order valence-electron chi connectivity index (χ4n) is 2.71. The van der Waals surface area contributed by atoms with Crippen LogP contribution in [-0.2, 0) is 24.3 Å². The molecule has 0 aliphatic carbocycles. The maximum atomic E-state index is 8.00. The summed E-state index contributed by atoms with van der Waals surface area (Å²) in [6.45, 7) is 23.2. The third-order valence-electron chi connectivity index (χ3n) is 3.69. The third-order valence-corrected chi connectivity index (χ3v) is 10.4. The first-order valence-electron chi connectivity index (χ1n) is 8.21. The predicted octanol–water partition coefficient (Wildman–Crippen LogP) is 5.77. The van der Waals surface area contributed by atoms with E-state index in [1.165, 1.54) is 12.3 Å². The van der Waals surface area contributed by atoms with Crippen LogP contribution in [0.15, 0.2) is 0 Å². The van der Waals surface area contributed by atoms with Crippen molar-refractivity contribution in [2.24, 2.45) is 0 Å². The van der Waals surface area contributed by atoms with Gasteiger partial charge in [-0.15, -0.1) is 28.9 Å². The molecule has 0 saturated heterocycles. The van der Waals surface area contributed by atoms with Crippen molar-refractivity contribution < 1.29 is 24.3 Å². The monoisotopic (exact) mass is 436 g/mol. The Labute approximate surface area is 155 Å². The SMILES string of the molecule is C=O.CC(C)P(CC[N-]CCP(C(C)C)C(C)C)C(C)C.[Ru+]. The summed E-state index contributed by atoms with van der Waals surface area (Å²) < 4.78 is 0. The van der Waals surface area contributed by atoms with Crippen molar-refractivity contribution in [3.05, 3.63) is 5.32 Å². The Balaban J connectivity index is -0.00000115. The molecule has 0 amide bonds. The van der Waals surface area contributed by atoms with Crippen molar-refractivity contribution in [1.29, 1.82) is 0 Å². The molecule has 5 heteroatoms. The molecule has 0 aromatic rings. The maximum Gasteiger partial charge on any atom is 1.00 e. The van der Waals surface area contributed by atoms with Crippen molar-refractivity contribution in [3.8, 4) is 0 Å². The molecule has 0 fully saturated rings. The van der Waals surface area contributed by atoms with Crippen LogP contribution in [0.5, 0.6) is 0 Å². The molecule has 1 radical (unpaired) electrons. The summed E-state index contributed by atoms with van der Waals surface area (Å²) in [5.41, 5.74) is 3.42. The third kappa shape index (κ3) is 13.5. The molecule has 0 aromatic carbocycles. The minimum absolute atomic E-state index is 0. The van der Waals surface area contributed by atoms with Crippen LogP contribution in [0.3, 0.4) is 0 Å².